The molecule has 0 unspecified atom stereocenters. The number of hydrogen-bond donors (Lipinski definition) is 2. The Hall–Kier alpha value is -3.08. The molecule has 4 rings (SSSR count). The summed E-state index contributed by atoms with van der Waals surface area (Å²) in [6, 6.07) is 9.75. The average molecular weight is 431 g/mol. The Morgan fingerprint density at radius 3 is 2.50 bits per heavy atom. The number of morpholine rings is 1. The minimum Gasteiger partial charge on any atom is -0.478 e. The predicted octanol–water partition coefficient (Wildman–Crippen LogP) is 2.84. The molecule has 0 saturated carbocycles. The molecular formula is C20H18FN3O5S. The number of fused-ring (bicyclic) bond motifs is 1. The van der Waals surface area contributed by atoms with Gasteiger partial charge in [-0.1, -0.05) is 0 Å². The summed E-state index contributed by atoms with van der Waals surface area (Å²) in [5.74, 6) is -1.61. The molecular weight excluding hydrogens is 413 g/mol. The zero-order chi connectivity index (χ0) is 21.3. The van der Waals surface area contributed by atoms with E-state index in [1.165, 1.54) is 53.0 Å². The van der Waals surface area contributed by atoms with Gasteiger partial charge in [-0.25, -0.2) is 17.6 Å². The van der Waals surface area contributed by atoms with Crippen LogP contribution in [0.5, 0.6) is 0 Å². The standard InChI is InChI=1S/C20H18FN3O5S/c21-14-3-6-17-16(11-14)19(23-15-4-1-13(2-5-15)20(25)26)18(12-22-17)30(27,28)24-7-9-29-10-8-24/h1-6,11-12H,7-10H2,(H,22,23)(H,25,26). The maximum atomic E-state index is 14.0. The van der Waals surface area contributed by atoms with Gasteiger partial charge < -0.3 is 15.2 Å². The van der Waals surface area contributed by atoms with Crippen molar-refractivity contribution in [1.29, 1.82) is 0 Å². The third-order valence-electron chi connectivity index (χ3n) is 4.78. The summed E-state index contributed by atoms with van der Waals surface area (Å²) in [4.78, 5) is 15.2. The van der Waals surface area contributed by atoms with Crippen LogP contribution >= 0.6 is 0 Å². The molecule has 1 aliphatic rings. The number of anilines is 2. The highest BCUT2D eigenvalue weighted by atomic mass is 32.2. The van der Waals surface area contributed by atoms with Crippen LogP contribution in [0.3, 0.4) is 0 Å². The molecule has 3 aromatic rings. The van der Waals surface area contributed by atoms with Crippen molar-refractivity contribution >= 4 is 38.3 Å². The summed E-state index contributed by atoms with van der Waals surface area (Å²) in [6.45, 7) is 0.981. The molecule has 0 bridgehead atoms. The molecule has 0 atom stereocenters. The Morgan fingerprint density at radius 1 is 1.13 bits per heavy atom. The first kappa shape index (κ1) is 20.2. The van der Waals surface area contributed by atoms with Gasteiger partial charge in [0.15, 0.2) is 0 Å². The van der Waals surface area contributed by atoms with Crippen LogP contribution in [-0.4, -0.2) is 55.1 Å². The van der Waals surface area contributed by atoms with Crippen LogP contribution in [-0.2, 0) is 14.8 Å². The van der Waals surface area contributed by atoms with E-state index >= 15 is 0 Å². The summed E-state index contributed by atoms with van der Waals surface area (Å²) >= 11 is 0. The molecule has 8 nitrogen and oxygen atoms in total. The van der Waals surface area contributed by atoms with E-state index < -0.39 is 21.8 Å². The van der Waals surface area contributed by atoms with Gasteiger partial charge in [0.2, 0.25) is 10.0 Å². The fourth-order valence-corrected chi connectivity index (χ4v) is 4.75. The molecule has 1 aromatic heterocycles. The number of hydrogen-bond acceptors (Lipinski definition) is 6. The number of benzene rings is 2. The summed E-state index contributed by atoms with van der Waals surface area (Å²) in [7, 11) is -3.93. The van der Waals surface area contributed by atoms with Crippen molar-refractivity contribution in [3.05, 3.63) is 60.0 Å². The molecule has 0 radical (unpaired) electrons. The smallest absolute Gasteiger partial charge is 0.335 e. The molecule has 0 spiro atoms. The van der Waals surface area contributed by atoms with Crippen molar-refractivity contribution in [3.63, 3.8) is 0 Å². The van der Waals surface area contributed by atoms with Crippen LogP contribution in [0.1, 0.15) is 10.4 Å². The first-order valence-corrected chi connectivity index (χ1v) is 10.6. The van der Waals surface area contributed by atoms with Gasteiger partial charge in [0.25, 0.3) is 0 Å². The monoisotopic (exact) mass is 431 g/mol. The number of carboxylic acid groups (broad SMARTS) is 1. The highest BCUT2D eigenvalue weighted by Gasteiger charge is 2.30. The molecule has 0 aliphatic carbocycles. The van der Waals surface area contributed by atoms with E-state index in [4.69, 9.17) is 9.84 Å². The van der Waals surface area contributed by atoms with Gasteiger partial charge in [0, 0.05) is 30.4 Å². The number of nitrogens with zero attached hydrogens (tertiary/aromatic N) is 2. The van der Waals surface area contributed by atoms with E-state index in [1.54, 1.807) is 0 Å². The second-order valence-electron chi connectivity index (χ2n) is 6.68. The van der Waals surface area contributed by atoms with Gasteiger partial charge in [-0.2, -0.15) is 4.31 Å². The van der Waals surface area contributed by atoms with Crippen molar-refractivity contribution in [2.45, 2.75) is 4.90 Å². The number of ether oxygens (including phenoxy) is 1. The lowest BCUT2D eigenvalue weighted by molar-refractivity contribution is 0.0697. The SMILES string of the molecule is O=C(O)c1ccc(Nc2c(S(=O)(=O)N3CCOCC3)cnc3ccc(F)cc23)cc1. The topological polar surface area (TPSA) is 109 Å². The third kappa shape index (κ3) is 3.84. The Labute approximate surface area is 172 Å². The van der Waals surface area contributed by atoms with E-state index in [9.17, 15) is 17.6 Å². The van der Waals surface area contributed by atoms with Crippen molar-refractivity contribution in [2.75, 3.05) is 31.6 Å². The number of rotatable bonds is 5. The second kappa shape index (κ2) is 7.98. The van der Waals surface area contributed by atoms with Gasteiger partial charge in [-0.3, -0.25) is 4.98 Å². The highest BCUT2D eigenvalue weighted by Crippen LogP contribution is 2.34. The molecule has 1 saturated heterocycles. The summed E-state index contributed by atoms with van der Waals surface area (Å²) in [5.41, 5.74) is 1.14. The number of nitrogens with one attached hydrogen (secondary N) is 1. The first-order valence-electron chi connectivity index (χ1n) is 9.13. The minimum atomic E-state index is -3.93. The molecule has 2 heterocycles. The van der Waals surface area contributed by atoms with Gasteiger partial charge >= 0.3 is 5.97 Å². The first-order chi connectivity index (χ1) is 14.4. The summed E-state index contributed by atoms with van der Waals surface area (Å²) in [6.07, 6.45) is 1.25. The predicted molar refractivity (Wildman–Crippen MR) is 108 cm³/mol. The van der Waals surface area contributed by atoms with E-state index in [-0.39, 0.29) is 42.4 Å². The maximum Gasteiger partial charge on any atom is 0.335 e. The van der Waals surface area contributed by atoms with Crippen LogP contribution in [0, 0.1) is 5.82 Å². The average Bonchev–Trinajstić information content (AvgIpc) is 2.75. The van der Waals surface area contributed by atoms with Crippen LogP contribution in [0.4, 0.5) is 15.8 Å². The number of halogens is 1. The van der Waals surface area contributed by atoms with Crippen molar-refractivity contribution in [2.24, 2.45) is 0 Å². The van der Waals surface area contributed by atoms with Crippen molar-refractivity contribution < 1.29 is 27.4 Å². The van der Waals surface area contributed by atoms with E-state index in [1.807, 2.05) is 0 Å². The summed E-state index contributed by atoms with van der Waals surface area (Å²) < 4.78 is 47.1. The Morgan fingerprint density at radius 2 is 1.83 bits per heavy atom. The van der Waals surface area contributed by atoms with Gasteiger partial charge in [0.1, 0.15) is 10.7 Å². The van der Waals surface area contributed by atoms with Crippen LogP contribution in [0.25, 0.3) is 10.9 Å². The van der Waals surface area contributed by atoms with Crippen LogP contribution in [0.2, 0.25) is 0 Å². The molecule has 2 N–H and O–H groups in total. The van der Waals surface area contributed by atoms with Crippen LogP contribution in [0.15, 0.2) is 53.6 Å². The van der Waals surface area contributed by atoms with Gasteiger partial charge in [-0.05, 0) is 42.5 Å². The highest BCUT2D eigenvalue weighted by molar-refractivity contribution is 7.89. The van der Waals surface area contributed by atoms with E-state index in [2.05, 4.69) is 10.3 Å². The lowest BCUT2D eigenvalue weighted by Crippen LogP contribution is -2.40. The fourth-order valence-electron chi connectivity index (χ4n) is 3.24. The van der Waals surface area contributed by atoms with Crippen LogP contribution < -0.4 is 5.32 Å². The normalized spacial score (nSPS) is 15.2. The van der Waals surface area contributed by atoms with Gasteiger partial charge in [0.05, 0.1) is 30.0 Å². The Balaban J connectivity index is 1.85. The quantitative estimate of drug-likeness (QED) is 0.639. The molecule has 2 aromatic carbocycles. The molecule has 1 aliphatic heterocycles. The zero-order valence-electron chi connectivity index (χ0n) is 15.7. The number of pyridine rings is 1. The summed E-state index contributed by atoms with van der Waals surface area (Å²) in [5, 5.41) is 12.4. The third-order valence-corrected chi connectivity index (χ3v) is 6.69. The molecule has 30 heavy (non-hydrogen) atoms. The lowest BCUT2D eigenvalue weighted by Gasteiger charge is -2.27. The van der Waals surface area contributed by atoms with Crippen molar-refractivity contribution in [3.8, 4) is 0 Å². The lowest BCUT2D eigenvalue weighted by atomic mass is 10.1. The number of aromatic nitrogens is 1. The second-order valence-corrected chi connectivity index (χ2v) is 8.59. The fraction of sp³-hybridized carbons (Fsp3) is 0.200. The number of carboxylic acids is 1. The molecule has 0 amide bonds. The number of aromatic carboxylic acids is 1. The number of sulfonamides is 1. The zero-order valence-corrected chi connectivity index (χ0v) is 16.5. The van der Waals surface area contributed by atoms with E-state index in [0.717, 1.165) is 0 Å². The Kier molecular flexibility index (Phi) is 5.37. The minimum absolute atomic E-state index is 0.0901. The molecule has 156 valence electrons. The maximum absolute atomic E-state index is 14.0. The molecule has 10 heteroatoms. The molecule has 1 fully saturated rings. The van der Waals surface area contributed by atoms with E-state index in [0.29, 0.717) is 16.6 Å². The van der Waals surface area contributed by atoms with Gasteiger partial charge in [-0.15, -0.1) is 0 Å². The Bertz CT molecular complexity index is 1210. The number of carbonyl (C=O) groups is 1. The largest absolute Gasteiger partial charge is 0.478 e. The van der Waals surface area contributed by atoms with Crippen molar-refractivity contribution in [1.82, 2.24) is 9.29 Å².